The summed E-state index contributed by atoms with van der Waals surface area (Å²) in [6, 6.07) is 5.97. The van der Waals surface area contributed by atoms with Crippen LogP contribution in [0.5, 0.6) is 11.5 Å². The molecule has 0 saturated heterocycles. The van der Waals surface area contributed by atoms with E-state index in [1.807, 2.05) is 23.0 Å². The van der Waals surface area contributed by atoms with Gasteiger partial charge in [0.15, 0.2) is 11.5 Å². The second kappa shape index (κ2) is 5.71. The Balaban J connectivity index is 1.44. The van der Waals surface area contributed by atoms with Gasteiger partial charge < -0.3 is 14.8 Å². The minimum absolute atomic E-state index is 0.318. The quantitative estimate of drug-likeness (QED) is 0.790. The topological polar surface area (TPSA) is 61.2 Å². The molecule has 0 atom stereocenters. The standard InChI is InChI=1S/C13H16N4O2/c1-3-11(13-12(4-1)18-10-19-13)9-14-5-2-7-17-8-6-15-16-17/h1,3-4,6,8,14H,2,5,7,9-10H2. The van der Waals surface area contributed by atoms with Crippen LogP contribution in [0.2, 0.25) is 0 Å². The van der Waals surface area contributed by atoms with Gasteiger partial charge in [0.05, 0.1) is 6.20 Å². The highest BCUT2D eigenvalue weighted by atomic mass is 16.7. The highest BCUT2D eigenvalue weighted by Gasteiger charge is 2.16. The number of hydrogen-bond acceptors (Lipinski definition) is 5. The molecule has 0 saturated carbocycles. The summed E-state index contributed by atoms with van der Waals surface area (Å²) in [5.41, 5.74) is 1.13. The second-order valence-corrected chi connectivity index (χ2v) is 4.35. The SMILES string of the molecule is c1cc(CNCCCn2ccnn2)c2c(c1)OCO2. The van der Waals surface area contributed by atoms with E-state index < -0.39 is 0 Å². The number of fused-ring (bicyclic) bond motifs is 1. The van der Waals surface area contributed by atoms with Crippen molar-refractivity contribution >= 4 is 0 Å². The summed E-state index contributed by atoms with van der Waals surface area (Å²) >= 11 is 0. The van der Waals surface area contributed by atoms with E-state index in [2.05, 4.69) is 21.7 Å². The van der Waals surface area contributed by atoms with Crippen LogP contribution in [0.1, 0.15) is 12.0 Å². The maximum absolute atomic E-state index is 5.46. The van der Waals surface area contributed by atoms with Crippen LogP contribution in [0.15, 0.2) is 30.6 Å². The van der Waals surface area contributed by atoms with Gasteiger partial charge in [-0.05, 0) is 19.0 Å². The lowest BCUT2D eigenvalue weighted by molar-refractivity contribution is 0.173. The fourth-order valence-corrected chi connectivity index (χ4v) is 2.07. The summed E-state index contributed by atoms with van der Waals surface area (Å²) in [7, 11) is 0. The number of rotatable bonds is 6. The predicted octanol–water partition coefficient (Wildman–Crippen LogP) is 1.19. The molecule has 6 heteroatoms. The molecular formula is C13H16N4O2. The van der Waals surface area contributed by atoms with E-state index in [0.717, 1.165) is 43.1 Å². The highest BCUT2D eigenvalue weighted by molar-refractivity contribution is 5.48. The molecule has 0 bridgehead atoms. The van der Waals surface area contributed by atoms with Crippen LogP contribution < -0.4 is 14.8 Å². The lowest BCUT2D eigenvalue weighted by Crippen LogP contribution is -2.17. The average Bonchev–Trinajstić information content (AvgIpc) is 3.09. The van der Waals surface area contributed by atoms with Gasteiger partial charge in [-0.15, -0.1) is 5.10 Å². The molecule has 2 heterocycles. The lowest BCUT2D eigenvalue weighted by Gasteiger charge is -2.07. The third-order valence-corrected chi connectivity index (χ3v) is 3.01. The molecular weight excluding hydrogens is 244 g/mol. The van der Waals surface area contributed by atoms with Gasteiger partial charge in [0.2, 0.25) is 6.79 Å². The van der Waals surface area contributed by atoms with E-state index in [4.69, 9.17) is 9.47 Å². The summed E-state index contributed by atoms with van der Waals surface area (Å²) < 4.78 is 12.6. The Morgan fingerprint density at radius 2 is 2.32 bits per heavy atom. The number of aromatic nitrogens is 3. The molecule has 100 valence electrons. The number of para-hydroxylation sites is 1. The molecule has 6 nitrogen and oxygen atoms in total. The van der Waals surface area contributed by atoms with E-state index >= 15 is 0 Å². The largest absolute Gasteiger partial charge is 0.454 e. The normalized spacial score (nSPS) is 12.8. The van der Waals surface area contributed by atoms with Gasteiger partial charge in [-0.2, -0.15) is 0 Å². The third-order valence-electron chi connectivity index (χ3n) is 3.01. The van der Waals surface area contributed by atoms with Crippen molar-refractivity contribution in [3.8, 4) is 11.5 Å². The first-order valence-electron chi connectivity index (χ1n) is 6.36. The van der Waals surface area contributed by atoms with Crippen molar-refractivity contribution in [1.82, 2.24) is 20.3 Å². The Hall–Kier alpha value is -2.08. The van der Waals surface area contributed by atoms with Crippen molar-refractivity contribution in [2.45, 2.75) is 19.5 Å². The molecule has 3 rings (SSSR count). The van der Waals surface area contributed by atoms with Crippen LogP contribution in [0.4, 0.5) is 0 Å². The second-order valence-electron chi connectivity index (χ2n) is 4.35. The summed E-state index contributed by atoms with van der Waals surface area (Å²) in [6.45, 7) is 2.90. The summed E-state index contributed by atoms with van der Waals surface area (Å²) in [6.07, 6.45) is 4.57. The molecule has 19 heavy (non-hydrogen) atoms. The van der Waals surface area contributed by atoms with Crippen LogP contribution in [-0.2, 0) is 13.1 Å². The number of benzene rings is 1. The third kappa shape index (κ3) is 2.85. The number of nitrogens with zero attached hydrogens (tertiary/aromatic N) is 3. The lowest BCUT2D eigenvalue weighted by atomic mass is 10.2. The Bertz CT molecular complexity index is 527. The van der Waals surface area contributed by atoms with Crippen LogP contribution in [0.3, 0.4) is 0 Å². The molecule has 1 aromatic heterocycles. The molecule has 0 amide bonds. The van der Waals surface area contributed by atoms with Gasteiger partial charge in [0, 0.05) is 24.8 Å². The molecule has 0 fully saturated rings. The summed E-state index contributed by atoms with van der Waals surface area (Å²) in [4.78, 5) is 0. The van der Waals surface area contributed by atoms with Gasteiger partial charge in [0.25, 0.3) is 0 Å². The monoisotopic (exact) mass is 260 g/mol. The first-order chi connectivity index (χ1) is 9.43. The Labute approximate surface area is 111 Å². The molecule has 0 unspecified atom stereocenters. The molecule has 1 aliphatic rings. The average molecular weight is 260 g/mol. The molecule has 1 aliphatic heterocycles. The van der Waals surface area contributed by atoms with Gasteiger partial charge in [-0.1, -0.05) is 17.3 Å². The van der Waals surface area contributed by atoms with Crippen LogP contribution in [0, 0.1) is 0 Å². The summed E-state index contributed by atoms with van der Waals surface area (Å²) in [5, 5.41) is 11.1. The molecule has 1 aromatic carbocycles. The molecule has 0 spiro atoms. The van der Waals surface area contributed by atoms with Crippen molar-refractivity contribution in [2.24, 2.45) is 0 Å². The van der Waals surface area contributed by atoms with Crippen molar-refractivity contribution in [3.63, 3.8) is 0 Å². The van der Waals surface area contributed by atoms with Gasteiger partial charge in [-0.3, -0.25) is 4.68 Å². The molecule has 2 aromatic rings. The van der Waals surface area contributed by atoms with Crippen LogP contribution in [-0.4, -0.2) is 28.3 Å². The first kappa shape index (κ1) is 12.0. The van der Waals surface area contributed by atoms with Crippen molar-refractivity contribution in [2.75, 3.05) is 13.3 Å². The zero-order valence-corrected chi connectivity index (χ0v) is 10.6. The van der Waals surface area contributed by atoms with Gasteiger partial charge in [-0.25, -0.2) is 0 Å². The summed E-state index contributed by atoms with van der Waals surface area (Å²) in [5.74, 6) is 1.70. The maximum Gasteiger partial charge on any atom is 0.231 e. The fraction of sp³-hybridized carbons (Fsp3) is 0.385. The van der Waals surface area contributed by atoms with Gasteiger partial charge in [0.1, 0.15) is 0 Å². The highest BCUT2D eigenvalue weighted by Crippen LogP contribution is 2.35. The maximum atomic E-state index is 5.46. The first-order valence-corrected chi connectivity index (χ1v) is 6.36. The Morgan fingerprint density at radius 1 is 1.32 bits per heavy atom. The predicted molar refractivity (Wildman–Crippen MR) is 68.9 cm³/mol. The smallest absolute Gasteiger partial charge is 0.231 e. The van der Waals surface area contributed by atoms with Crippen LogP contribution in [0.25, 0.3) is 0 Å². The van der Waals surface area contributed by atoms with E-state index in [1.54, 1.807) is 6.20 Å². The number of aryl methyl sites for hydroxylation is 1. The molecule has 1 N–H and O–H groups in total. The van der Waals surface area contributed by atoms with Gasteiger partial charge >= 0.3 is 0 Å². The number of hydrogen-bond donors (Lipinski definition) is 1. The zero-order valence-electron chi connectivity index (χ0n) is 10.6. The Kier molecular flexibility index (Phi) is 3.60. The zero-order chi connectivity index (χ0) is 12.9. The van der Waals surface area contributed by atoms with E-state index in [1.165, 1.54) is 0 Å². The fourth-order valence-electron chi connectivity index (χ4n) is 2.07. The number of ether oxygens (including phenoxy) is 2. The molecule has 0 radical (unpaired) electrons. The van der Waals surface area contributed by atoms with E-state index in [0.29, 0.717) is 6.79 Å². The van der Waals surface area contributed by atoms with Crippen molar-refractivity contribution in [1.29, 1.82) is 0 Å². The Morgan fingerprint density at radius 3 is 3.21 bits per heavy atom. The van der Waals surface area contributed by atoms with E-state index in [-0.39, 0.29) is 0 Å². The van der Waals surface area contributed by atoms with Crippen molar-refractivity contribution in [3.05, 3.63) is 36.2 Å². The minimum Gasteiger partial charge on any atom is -0.454 e. The minimum atomic E-state index is 0.318. The molecule has 0 aliphatic carbocycles. The van der Waals surface area contributed by atoms with Crippen molar-refractivity contribution < 1.29 is 9.47 Å². The van der Waals surface area contributed by atoms with E-state index in [9.17, 15) is 0 Å². The van der Waals surface area contributed by atoms with Crippen LogP contribution >= 0.6 is 0 Å². The number of nitrogens with one attached hydrogen (secondary N) is 1.